The Labute approximate surface area is 122 Å². The highest BCUT2D eigenvalue weighted by atomic mass is 32.2. The Morgan fingerprint density at radius 3 is 2.24 bits per heavy atom. The van der Waals surface area contributed by atoms with E-state index in [1.165, 1.54) is 26.0 Å². The number of nitrogens with two attached hydrogens (primary N) is 1. The predicted molar refractivity (Wildman–Crippen MR) is 76.6 cm³/mol. The monoisotopic (exact) mass is 315 g/mol. The van der Waals surface area contributed by atoms with Gasteiger partial charge < -0.3 is 10.4 Å². The second kappa shape index (κ2) is 6.55. The molecular weight excluding hydrogens is 298 g/mol. The van der Waals surface area contributed by atoms with Crippen molar-refractivity contribution in [2.45, 2.75) is 26.4 Å². The number of nitrogens with one attached hydrogen (secondary N) is 1. The van der Waals surface area contributed by atoms with E-state index in [-0.39, 0.29) is 11.6 Å². The first-order chi connectivity index (χ1) is 9.62. The summed E-state index contributed by atoms with van der Waals surface area (Å²) in [5.41, 5.74) is 0.880. The molecule has 0 fully saturated rings. The lowest BCUT2D eigenvalue weighted by molar-refractivity contribution is -0.137. The SMILES string of the molecule is CC(=O)NCc1ccc(N([C@@H](C)C(=O)O)S(N)(=O)=O)cc1. The lowest BCUT2D eigenvalue weighted by atomic mass is 10.2. The normalized spacial score (nSPS) is 12.5. The van der Waals surface area contributed by atoms with Crippen LogP contribution in [-0.2, 0) is 26.3 Å². The maximum Gasteiger partial charge on any atom is 0.327 e. The molecule has 4 N–H and O–H groups in total. The fraction of sp³-hybridized carbons (Fsp3) is 0.333. The largest absolute Gasteiger partial charge is 0.480 e. The number of hydrogen-bond donors (Lipinski definition) is 3. The number of carbonyl (C=O) groups excluding carboxylic acids is 1. The summed E-state index contributed by atoms with van der Waals surface area (Å²) in [5, 5.41) is 16.6. The summed E-state index contributed by atoms with van der Waals surface area (Å²) < 4.78 is 23.7. The Morgan fingerprint density at radius 1 is 1.33 bits per heavy atom. The highest BCUT2D eigenvalue weighted by Gasteiger charge is 2.29. The molecule has 1 atom stereocenters. The number of benzene rings is 1. The molecule has 0 saturated heterocycles. The topological polar surface area (TPSA) is 130 Å². The number of anilines is 1. The number of rotatable bonds is 6. The molecule has 116 valence electrons. The van der Waals surface area contributed by atoms with E-state index in [4.69, 9.17) is 10.2 Å². The molecule has 1 amide bonds. The molecule has 0 unspecified atom stereocenters. The molecule has 0 aliphatic heterocycles. The van der Waals surface area contributed by atoms with Crippen molar-refractivity contribution in [3.8, 4) is 0 Å². The minimum Gasteiger partial charge on any atom is -0.480 e. The Kier molecular flexibility index (Phi) is 5.28. The highest BCUT2D eigenvalue weighted by Crippen LogP contribution is 2.20. The summed E-state index contributed by atoms with van der Waals surface area (Å²) in [7, 11) is -4.22. The van der Waals surface area contributed by atoms with Gasteiger partial charge in [-0.2, -0.15) is 8.42 Å². The molecule has 1 aromatic rings. The Morgan fingerprint density at radius 2 is 1.86 bits per heavy atom. The van der Waals surface area contributed by atoms with Crippen LogP contribution < -0.4 is 14.8 Å². The number of amides is 1. The number of nitrogens with zero attached hydrogens (tertiary/aromatic N) is 1. The van der Waals surface area contributed by atoms with Crippen LogP contribution in [0.4, 0.5) is 5.69 Å². The van der Waals surface area contributed by atoms with Crippen molar-refractivity contribution in [3.05, 3.63) is 29.8 Å². The van der Waals surface area contributed by atoms with E-state index in [1.807, 2.05) is 0 Å². The van der Waals surface area contributed by atoms with Crippen molar-refractivity contribution in [2.75, 3.05) is 4.31 Å². The quantitative estimate of drug-likeness (QED) is 0.669. The van der Waals surface area contributed by atoms with Gasteiger partial charge >= 0.3 is 5.97 Å². The number of hydrogen-bond acceptors (Lipinski definition) is 4. The van der Waals surface area contributed by atoms with Crippen LogP contribution in [0.3, 0.4) is 0 Å². The van der Waals surface area contributed by atoms with Gasteiger partial charge in [-0.15, -0.1) is 0 Å². The van der Waals surface area contributed by atoms with E-state index in [0.717, 1.165) is 5.56 Å². The smallest absolute Gasteiger partial charge is 0.327 e. The third kappa shape index (κ3) is 4.72. The zero-order valence-corrected chi connectivity index (χ0v) is 12.4. The lowest BCUT2D eigenvalue weighted by Gasteiger charge is -2.25. The van der Waals surface area contributed by atoms with Crippen LogP contribution in [0, 0.1) is 0 Å². The van der Waals surface area contributed by atoms with Crippen molar-refractivity contribution in [3.63, 3.8) is 0 Å². The third-order valence-electron chi connectivity index (χ3n) is 2.72. The summed E-state index contributed by atoms with van der Waals surface area (Å²) in [4.78, 5) is 21.8. The minimum absolute atomic E-state index is 0.138. The van der Waals surface area contributed by atoms with Crippen LogP contribution in [0.15, 0.2) is 24.3 Å². The van der Waals surface area contributed by atoms with Crippen molar-refractivity contribution in [1.29, 1.82) is 0 Å². The standard InChI is InChI=1S/C12H17N3O5S/c1-8(12(17)18)15(21(13,19)20)11-5-3-10(4-6-11)7-14-9(2)16/h3-6,8H,7H2,1-2H3,(H,14,16)(H,17,18)(H2,13,19,20)/t8-/m0/s1. The zero-order valence-electron chi connectivity index (χ0n) is 11.6. The van der Waals surface area contributed by atoms with Gasteiger partial charge in [-0.05, 0) is 24.6 Å². The van der Waals surface area contributed by atoms with Crippen molar-refractivity contribution >= 4 is 27.8 Å². The summed E-state index contributed by atoms with van der Waals surface area (Å²) in [6.45, 7) is 2.89. The van der Waals surface area contributed by atoms with Crippen LogP contribution >= 0.6 is 0 Å². The average Bonchev–Trinajstić information content (AvgIpc) is 2.36. The van der Waals surface area contributed by atoms with Crippen LogP contribution in [0.25, 0.3) is 0 Å². The summed E-state index contributed by atoms with van der Waals surface area (Å²) >= 11 is 0. The van der Waals surface area contributed by atoms with Crippen molar-refractivity contribution < 1.29 is 23.1 Å². The number of carboxylic acid groups (broad SMARTS) is 1. The van der Waals surface area contributed by atoms with E-state index in [2.05, 4.69) is 5.32 Å². The molecule has 1 rings (SSSR count). The van der Waals surface area contributed by atoms with Gasteiger partial charge in [0.25, 0.3) is 10.2 Å². The maximum atomic E-state index is 11.6. The van der Waals surface area contributed by atoms with Gasteiger partial charge in [0.2, 0.25) is 5.91 Å². The summed E-state index contributed by atoms with van der Waals surface area (Å²) in [5.74, 6) is -1.50. The van der Waals surface area contributed by atoms with E-state index in [9.17, 15) is 18.0 Å². The van der Waals surface area contributed by atoms with Crippen LogP contribution in [0.1, 0.15) is 19.4 Å². The Bertz CT molecular complexity index is 627. The van der Waals surface area contributed by atoms with Gasteiger partial charge in [0, 0.05) is 13.5 Å². The molecule has 0 aliphatic carbocycles. The van der Waals surface area contributed by atoms with E-state index in [0.29, 0.717) is 10.8 Å². The molecule has 21 heavy (non-hydrogen) atoms. The fourth-order valence-electron chi connectivity index (χ4n) is 1.68. The molecule has 0 aliphatic rings. The van der Waals surface area contributed by atoms with E-state index < -0.39 is 22.2 Å². The zero-order chi connectivity index (χ0) is 16.2. The van der Waals surface area contributed by atoms with Crippen molar-refractivity contribution in [1.82, 2.24) is 5.32 Å². The van der Waals surface area contributed by atoms with Gasteiger partial charge in [0.05, 0.1) is 5.69 Å². The van der Waals surface area contributed by atoms with Gasteiger partial charge in [-0.25, -0.2) is 14.2 Å². The van der Waals surface area contributed by atoms with Gasteiger partial charge in [0.15, 0.2) is 0 Å². The molecule has 0 aromatic heterocycles. The molecule has 1 aromatic carbocycles. The Balaban J connectivity index is 3.05. The minimum atomic E-state index is -4.22. The Hall–Kier alpha value is -2.13. The lowest BCUT2D eigenvalue weighted by Crippen LogP contribution is -2.46. The number of aliphatic carboxylic acids is 1. The first-order valence-electron chi connectivity index (χ1n) is 6.01. The van der Waals surface area contributed by atoms with Crippen molar-refractivity contribution in [2.24, 2.45) is 5.14 Å². The van der Waals surface area contributed by atoms with Crippen LogP contribution in [-0.4, -0.2) is 31.4 Å². The van der Waals surface area contributed by atoms with Gasteiger partial charge in [-0.1, -0.05) is 12.1 Å². The molecule has 0 radical (unpaired) electrons. The predicted octanol–water partition coefficient (Wildman–Crippen LogP) is -0.194. The maximum absolute atomic E-state index is 11.6. The first-order valence-corrected chi connectivity index (χ1v) is 7.51. The first kappa shape index (κ1) is 16.9. The van der Waals surface area contributed by atoms with Crippen LogP contribution in [0.2, 0.25) is 0 Å². The van der Waals surface area contributed by atoms with Crippen LogP contribution in [0.5, 0.6) is 0 Å². The summed E-state index contributed by atoms with van der Waals surface area (Å²) in [6.07, 6.45) is 0. The fourth-order valence-corrected chi connectivity index (χ4v) is 2.62. The molecule has 0 spiro atoms. The average molecular weight is 315 g/mol. The van der Waals surface area contributed by atoms with Gasteiger partial charge in [-0.3, -0.25) is 4.79 Å². The molecule has 8 nitrogen and oxygen atoms in total. The number of carboxylic acids is 1. The van der Waals surface area contributed by atoms with E-state index in [1.54, 1.807) is 12.1 Å². The third-order valence-corrected chi connectivity index (χ3v) is 3.79. The molecular formula is C12H17N3O5S. The summed E-state index contributed by atoms with van der Waals surface area (Å²) in [6, 6.07) is 4.69. The number of carbonyl (C=O) groups is 2. The van der Waals surface area contributed by atoms with E-state index >= 15 is 0 Å². The molecule has 9 heteroatoms. The second-order valence-corrected chi connectivity index (χ2v) is 5.85. The molecule has 0 heterocycles. The highest BCUT2D eigenvalue weighted by molar-refractivity contribution is 7.90. The van der Waals surface area contributed by atoms with Gasteiger partial charge in [0.1, 0.15) is 6.04 Å². The second-order valence-electron chi connectivity index (χ2n) is 4.43. The molecule has 0 bridgehead atoms. The molecule has 0 saturated carbocycles.